The first-order chi connectivity index (χ1) is 11.6. The van der Waals surface area contributed by atoms with Crippen LogP contribution in [0.1, 0.15) is 25.0 Å². The molecule has 0 radical (unpaired) electrons. The zero-order valence-corrected chi connectivity index (χ0v) is 14.7. The monoisotopic (exact) mass is 326 g/mol. The Labute approximate surface area is 144 Å². The minimum Gasteiger partial charge on any atom is -0.496 e. The first-order valence-corrected chi connectivity index (χ1v) is 8.28. The van der Waals surface area contributed by atoms with E-state index in [1.54, 1.807) is 7.11 Å². The highest BCUT2D eigenvalue weighted by Crippen LogP contribution is 2.16. The number of nitrogens with zero attached hydrogens (tertiary/aromatic N) is 1. The SMILES string of the molecule is COc1ccccc1CNCC(=O)N(Cc1ccccc1)C(C)C. The van der Waals surface area contributed by atoms with E-state index < -0.39 is 0 Å². The van der Waals surface area contributed by atoms with Crippen LogP contribution in [0, 0.1) is 0 Å². The van der Waals surface area contributed by atoms with Crippen LogP contribution >= 0.6 is 0 Å². The highest BCUT2D eigenvalue weighted by Gasteiger charge is 2.17. The molecule has 0 unspecified atom stereocenters. The van der Waals surface area contributed by atoms with E-state index in [2.05, 4.69) is 5.32 Å². The van der Waals surface area contributed by atoms with Crippen molar-refractivity contribution in [1.29, 1.82) is 0 Å². The van der Waals surface area contributed by atoms with Gasteiger partial charge in [0.1, 0.15) is 5.75 Å². The Morgan fingerprint density at radius 1 is 1.08 bits per heavy atom. The molecular weight excluding hydrogens is 300 g/mol. The van der Waals surface area contributed by atoms with Crippen molar-refractivity contribution in [2.24, 2.45) is 0 Å². The van der Waals surface area contributed by atoms with Crippen molar-refractivity contribution in [2.45, 2.75) is 33.0 Å². The smallest absolute Gasteiger partial charge is 0.237 e. The summed E-state index contributed by atoms with van der Waals surface area (Å²) in [6.45, 7) is 5.63. The van der Waals surface area contributed by atoms with Crippen LogP contribution in [0.3, 0.4) is 0 Å². The maximum Gasteiger partial charge on any atom is 0.237 e. The Morgan fingerprint density at radius 3 is 2.42 bits per heavy atom. The van der Waals surface area contributed by atoms with E-state index in [1.165, 1.54) is 0 Å². The van der Waals surface area contributed by atoms with Crippen LogP contribution in [-0.4, -0.2) is 30.5 Å². The zero-order valence-electron chi connectivity index (χ0n) is 14.7. The average molecular weight is 326 g/mol. The summed E-state index contributed by atoms with van der Waals surface area (Å²) in [6, 6.07) is 18.1. The lowest BCUT2D eigenvalue weighted by atomic mass is 10.2. The summed E-state index contributed by atoms with van der Waals surface area (Å²) in [5.74, 6) is 0.936. The van der Waals surface area contributed by atoms with E-state index in [4.69, 9.17) is 4.74 Å². The lowest BCUT2D eigenvalue weighted by molar-refractivity contribution is -0.132. The molecule has 0 saturated heterocycles. The number of carbonyl (C=O) groups is 1. The van der Waals surface area contributed by atoms with Crippen molar-refractivity contribution in [1.82, 2.24) is 10.2 Å². The molecule has 4 nitrogen and oxygen atoms in total. The van der Waals surface area contributed by atoms with Crippen molar-refractivity contribution < 1.29 is 9.53 Å². The molecule has 0 heterocycles. The van der Waals surface area contributed by atoms with Crippen molar-refractivity contribution in [3.63, 3.8) is 0 Å². The number of carbonyl (C=O) groups excluding carboxylic acids is 1. The van der Waals surface area contributed by atoms with Gasteiger partial charge in [-0.15, -0.1) is 0 Å². The van der Waals surface area contributed by atoms with Gasteiger partial charge in [-0.2, -0.15) is 0 Å². The molecule has 2 aromatic carbocycles. The first kappa shape index (κ1) is 18.0. The molecule has 0 atom stereocenters. The molecule has 1 amide bonds. The van der Waals surface area contributed by atoms with Gasteiger partial charge in [0.25, 0.3) is 0 Å². The maximum atomic E-state index is 12.6. The van der Waals surface area contributed by atoms with Crippen LogP contribution in [-0.2, 0) is 17.9 Å². The van der Waals surface area contributed by atoms with Crippen LogP contribution in [0.4, 0.5) is 0 Å². The summed E-state index contributed by atoms with van der Waals surface area (Å²) < 4.78 is 5.33. The summed E-state index contributed by atoms with van der Waals surface area (Å²) >= 11 is 0. The number of hydrogen-bond acceptors (Lipinski definition) is 3. The van der Waals surface area contributed by atoms with Crippen molar-refractivity contribution in [3.8, 4) is 5.75 Å². The number of hydrogen-bond donors (Lipinski definition) is 1. The number of amides is 1. The fraction of sp³-hybridized carbons (Fsp3) is 0.350. The molecule has 4 heteroatoms. The Bertz CT molecular complexity index is 641. The molecule has 0 spiro atoms. The summed E-state index contributed by atoms with van der Waals surface area (Å²) in [7, 11) is 1.66. The summed E-state index contributed by atoms with van der Waals surface area (Å²) in [6.07, 6.45) is 0. The third-order valence-electron chi connectivity index (χ3n) is 3.92. The summed E-state index contributed by atoms with van der Waals surface area (Å²) in [5, 5.41) is 3.23. The Kier molecular flexibility index (Phi) is 6.82. The fourth-order valence-electron chi connectivity index (χ4n) is 2.59. The normalized spacial score (nSPS) is 10.7. The largest absolute Gasteiger partial charge is 0.496 e. The van der Waals surface area contributed by atoms with E-state index in [9.17, 15) is 4.79 Å². The molecule has 0 aromatic heterocycles. The number of para-hydroxylation sites is 1. The van der Waals surface area contributed by atoms with Gasteiger partial charge in [0.05, 0.1) is 13.7 Å². The van der Waals surface area contributed by atoms with Gasteiger partial charge < -0.3 is 15.0 Å². The number of ether oxygens (including phenoxy) is 1. The van der Waals surface area contributed by atoms with Gasteiger partial charge >= 0.3 is 0 Å². The third-order valence-corrected chi connectivity index (χ3v) is 3.92. The van der Waals surface area contributed by atoms with Crippen molar-refractivity contribution in [2.75, 3.05) is 13.7 Å². The molecule has 2 aromatic rings. The third kappa shape index (κ3) is 5.10. The van der Waals surface area contributed by atoms with Crippen molar-refractivity contribution >= 4 is 5.91 Å². The van der Waals surface area contributed by atoms with E-state index in [-0.39, 0.29) is 11.9 Å². The molecule has 0 aliphatic carbocycles. The Balaban J connectivity index is 1.91. The van der Waals surface area contributed by atoms with E-state index in [1.807, 2.05) is 73.3 Å². The Hall–Kier alpha value is -2.33. The highest BCUT2D eigenvalue weighted by atomic mass is 16.5. The summed E-state index contributed by atoms with van der Waals surface area (Å²) in [5.41, 5.74) is 2.19. The molecule has 24 heavy (non-hydrogen) atoms. The predicted octanol–water partition coefficient (Wildman–Crippen LogP) is 3.22. The number of methoxy groups -OCH3 is 1. The summed E-state index contributed by atoms with van der Waals surface area (Å²) in [4.78, 5) is 14.5. The van der Waals surface area contributed by atoms with Gasteiger partial charge in [0, 0.05) is 24.7 Å². The van der Waals surface area contributed by atoms with Crippen LogP contribution in [0.25, 0.3) is 0 Å². The second kappa shape index (κ2) is 9.08. The van der Waals surface area contributed by atoms with Crippen molar-refractivity contribution in [3.05, 3.63) is 65.7 Å². The lowest BCUT2D eigenvalue weighted by Crippen LogP contribution is -2.41. The second-order valence-corrected chi connectivity index (χ2v) is 6.02. The zero-order chi connectivity index (χ0) is 17.4. The van der Waals surface area contributed by atoms with Gasteiger partial charge in [-0.1, -0.05) is 48.5 Å². The van der Waals surface area contributed by atoms with Crippen LogP contribution < -0.4 is 10.1 Å². The molecular formula is C20H26N2O2. The first-order valence-electron chi connectivity index (χ1n) is 8.28. The molecule has 0 bridgehead atoms. The minimum atomic E-state index is 0.101. The van der Waals surface area contributed by atoms with Crippen LogP contribution in [0.5, 0.6) is 5.75 Å². The number of nitrogens with one attached hydrogen (secondary N) is 1. The average Bonchev–Trinajstić information content (AvgIpc) is 2.60. The van der Waals surface area contributed by atoms with E-state index >= 15 is 0 Å². The molecule has 0 saturated carbocycles. The maximum absolute atomic E-state index is 12.6. The molecule has 128 valence electrons. The van der Waals surface area contributed by atoms with Crippen LogP contribution in [0.15, 0.2) is 54.6 Å². The molecule has 1 N–H and O–H groups in total. The minimum absolute atomic E-state index is 0.101. The molecule has 0 fully saturated rings. The van der Waals surface area contributed by atoms with E-state index in [0.717, 1.165) is 16.9 Å². The molecule has 2 rings (SSSR count). The van der Waals surface area contributed by atoms with Gasteiger partial charge in [-0.05, 0) is 25.5 Å². The van der Waals surface area contributed by atoms with Gasteiger partial charge in [0.15, 0.2) is 0 Å². The molecule has 0 aliphatic heterocycles. The van der Waals surface area contributed by atoms with Gasteiger partial charge in [-0.25, -0.2) is 0 Å². The molecule has 0 aliphatic rings. The second-order valence-electron chi connectivity index (χ2n) is 6.02. The number of benzene rings is 2. The predicted molar refractivity (Wildman–Crippen MR) is 96.8 cm³/mol. The lowest BCUT2D eigenvalue weighted by Gasteiger charge is -2.27. The fourth-order valence-corrected chi connectivity index (χ4v) is 2.59. The van der Waals surface area contributed by atoms with Crippen LogP contribution in [0.2, 0.25) is 0 Å². The van der Waals surface area contributed by atoms with E-state index in [0.29, 0.717) is 19.6 Å². The van der Waals surface area contributed by atoms with Gasteiger partial charge in [0.2, 0.25) is 5.91 Å². The van der Waals surface area contributed by atoms with Gasteiger partial charge in [-0.3, -0.25) is 4.79 Å². The quantitative estimate of drug-likeness (QED) is 0.810. The topological polar surface area (TPSA) is 41.6 Å². The Morgan fingerprint density at radius 2 is 1.75 bits per heavy atom. The number of rotatable bonds is 8. The highest BCUT2D eigenvalue weighted by molar-refractivity contribution is 5.78. The standard InChI is InChI=1S/C20H26N2O2/c1-16(2)22(15-17-9-5-4-6-10-17)20(23)14-21-13-18-11-7-8-12-19(18)24-3/h4-12,16,21H,13-15H2,1-3H3.